The van der Waals surface area contributed by atoms with Gasteiger partial charge in [-0.2, -0.15) is 0 Å². The van der Waals surface area contributed by atoms with Crippen LogP contribution in [0.3, 0.4) is 0 Å². The van der Waals surface area contributed by atoms with Crippen molar-refractivity contribution in [3.8, 4) is 11.1 Å². The predicted octanol–water partition coefficient (Wildman–Crippen LogP) is 2.11. The van der Waals surface area contributed by atoms with E-state index in [4.69, 9.17) is 4.74 Å². The molecular weight excluding hydrogens is 463 g/mol. The van der Waals surface area contributed by atoms with Gasteiger partial charge in [-0.05, 0) is 29.3 Å². The highest BCUT2D eigenvalue weighted by Gasteiger charge is 2.32. The molecule has 2 aromatic carbocycles. The van der Waals surface area contributed by atoms with Gasteiger partial charge in [0.2, 0.25) is 17.7 Å². The van der Waals surface area contributed by atoms with Crippen molar-refractivity contribution in [3.05, 3.63) is 53.8 Å². The molecule has 0 saturated carbocycles. The van der Waals surface area contributed by atoms with E-state index in [9.17, 15) is 23.6 Å². The second kappa shape index (κ2) is 10.1. The Labute approximate surface area is 199 Å². The monoisotopic (exact) mass is 486 g/mol. The summed E-state index contributed by atoms with van der Waals surface area (Å²) in [6.07, 6.45) is -1.25. The first kappa shape index (κ1) is 23.6. The number of carbonyl (C=O) groups is 4. The Morgan fingerprint density at radius 1 is 1.15 bits per heavy atom. The van der Waals surface area contributed by atoms with Crippen molar-refractivity contribution in [1.29, 1.82) is 0 Å². The first-order valence-electron chi connectivity index (χ1n) is 10.6. The molecule has 1 atom stereocenters. The Hall–Kier alpha value is -3.60. The van der Waals surface area contributed by atoms with Gasteiger partial charge in [0, 0.05) is 18.2 Å². The average Bonchev–Trinajstić information content (AvgIpc) is 3.16. The number of hydrogen-bond acceptors (Lipinski definition) is 6. The minimum atomic E-state index is -0.588. The van der Waals surface area contributed by atoms with Crippen LogP contribution in [0, 0.1) is 5.82 Å². The normalized spacial score (nSPS) is 18.4. The molecule has 4 amide bonds. The topological polar surface area (TPSA) is 117 Å². The molecule has 4 rings (SSSR count). The highest BCUT2D eigenvalue weighted by Crippen LogP contribution is 2.30. The first-order chi connectivity index (χ1) is 16.3. The molecule has 0 spiro atoms. The summed E-state index contributed by atoms with van der Waals surface area (Å²) < 4.78 is 20.1. The van der Waals surface area contributed by atoms with Crippen LogP contribution in [-0.4, -0.2) is 48.5 Å². The van der Waals surface area contributed by atoms with Gasteiger partial charge in [0.1, 0.15) is 23.8 Å². The summed E-state index contributed by atoms with van der Waals surface area (Å²) in [6.45, 7) is 1.79. The number of hydrogen-bond donors (Lipinski definition) is 3. The van der Waals surface area contributed by atoms with E-state index < -0.39 is 23.5 Å². The average molecular weight is 487 g/mol. The van der Waals surface area contributed by atoms with E-state index in [0.29, 0.717) is 22.6 Å². The molecule has 9 nitrogen and oxygen atoms in total. The predicted molar refractivity (Wildman–Crippen MR) is 124 cm³/mol. The van der Waals surface area contributed by atoms with Gasteiger partial charge in [-0.15, -0.1) is 11.8 Å². The summed E-state index contributed by atoms with van der Waals surface area (Å²) in [5, 5.41) is 7.99. The van der Waals surface area contributed by atoms with Crippen LogP contribution in [0.2, 0.25) is 0 Å². The second-order valence-electron chi connectivity index (χ2n) is 7.92. The summed E-state index contributed by atoms with van der Waals surface area (Å²) in [5.74, 6) is -0.766. The SMILES string of the molecule is CC(=O)NC[C@H]1CN(c2ccc(-c3ccc(CSC4NC(=O)CC(=O)N4)cc3)c(F)c2)C(=O)O1. The van der Waals surface area contributed by atoms with E-state index >= 15 is 0 Å². The number of benzene rings is 2. The number of rotatable bonds is 7. The molecule has 2 aromatic rings. The number of carbonyl (C=O) groups excluding carboxylic acids is 4. The zero-order valence-corrected chi connectivity index (χ0v) is 19.1. The molecule has 2 aliphatic rings. The molecular formula is C23H23FN4O5S. The quantitative estimate of drug-likeness (QED) is 0.516. The van der Waals surface area contributed by atoms with Crippen LogP contribution in [0.4, 0.5) is 14.9 Å². The van der Waals surface area contributed by atoms with Gasteiger partial charge in [0.05, 0.1) is 18.8 Å². The molecule has 2 aliphatic heterocycles. The van der Waals surface area contributed by atoms with Gasteiger partial charge in [-0.3, -0.25) is 19.3 Å². The zero-order chi connectivity index (χ0) is 24.2. The van der Waals surface area contributed by atoms with E-state index in [1.807, 2.05) is 12.1 Å². The van der Waals surface area contributed by atoms with Crippen molar-refractivity contribution in [3.63, 3.8) is 0 Å². The van der Waals surface area contributed by atoms with E-state index in [1.165, 1.54) is 29.7 Å². The lowest BCUT2D eigenvalue weighted by atomic mass is 10.0. The third kappa shape index (κ3) is 5.66. The van der Waals surface area contributed by atoms with Gasteiger partial charge in [-0.1, -0.05) is 24.3 Å². The molecule has 34 heavy (non-hydrogen) atoms. The smallest absolute Gasteiger partial charge is 0.414 e. The highest BCUT2D eigenvalue weighted by atomic mass is 32.2. The van der Waals surface area contributed by atoms with Gasteiger partial charge in [-0.25, -0.2) is 9.18 Å². The Morgan fingerprint density at radius 3 is 2.50 bits per heavy atom. The third-order valence-electron chi connectivity index (χ3n) is 5.30. The maximum atomic E-state index is 14.9. The standard InChI is InChI=1S/C23H23FN4O5S/c1-13(29)25-10-17-11-28(23(32)33-17)16-6-7-18(19(24)8-16)15-4-2-14(3-5-15)12-34-22-26-20(30)9-21(31)27-22/h2-8,17,22H,9-12H2,1H3,(H,25,29)(H,26,30)(H,27,31)/t17-/m0/s1. The lowest BCUT2D eigenvalue weighted by Crippen LogP contribution is -2.52. The number of ether oxygens (including phenoxy) is 1. The minimum Gasteiger partial charge on any atom is -0.442 e. The molecule has 2 saturated heterocycles. The summed E-state index contributed by atoms with van der Waals surface area (Å²) in [4.78, 5) is 47.5. The maximum absolute atomic E-state index is 14.9. The molecule has 0 aliphatic carbocycles. The van der Waals surface area contributed by atoms with Crippen molar-refractivity contribution in [2.45, 2.75) is 30.7 Å². The maximum Gasteiger partial charge on any atom is 0.414 e. The van der Waals surface area contributed by atoms with Crippen LogP contribution < -0.4 is 20.9 Å². The van der Waals surface area contributed by atoms with Crippen molar-refractivity contribution in [2.75, 3.05) is 18.0 Å². The van der Waals surface area contributed by atoms with E-state index in [1.54, 1.807) is 24.3 Å². The van der Waals surface area contributed by atoms with Crippen LogP contribution in [0.1, 0.15) is 18.9 Å². The second-order valence-corrected chi connectivity index (χ2v) is 9.01. The van der Waals surface area contributed by atoms with Gasteiger partial charge in [0.15, 0.2) is 0 Å². The van der Waals surface area contributed by atoms with Gasteiger partial charge >= 0.3 is 6.09 Å². The lowest BCUT2D eigenvalue weighted by Gasteiger charge is -2.23. The molecule has 0 radical (unpaired) electrons. The molecule has 11 heteroatoms. The Morgan fingerprint density at radius 2 is 1.85 bits per heavy atom. The number of anilines is 1. The Kier molecular flexibility index (Phi) is 7.01. The molecule has 0 aromatic heterocycles. The fourth-order valence-electron chi connectivity index (χ4n) is 3.62. The Bertz CT molecular complexity index is 1110. The molecule has 0 unspecified atom stereocenters. The molecule has 2 heterocycles. The highest BCUT2D eigenvalue weighted by molar-refractivity contribution is 7.99. The van der Waals surface area contributed by atoms with Crippen LogP contribution in [0.15, 0.2) is 42.5 Å². The van der Waals surface area contributed by atoms with Crippen LogP contribution in [0.5, 0.6) is 0 Å². The molecule has 0 bridgehead atoms. The fraction of sp³-hybridized carbons (Fsp3) is 0.304. The van der Waals surface area contributed by atoms with Crippen molar-refractivity contribution >= 4 is 41.3 Å². The van der Waals surface area contributed by atoms with Crippen molar-refractivity contribution in [2.24, 2.45) is 0 Å². The molecule has 178 valence electrons. The largest absolute Gasteiger partial charge is 0.442 e. The minimum absolute atomic E-state index is 0.160. The van der Waals surface area contributed by atoms with Crippen LogP contribution in [-0.2, 0) is 24.9 Å². The zero-order valence-electron chi connectivity index (χ0n) is 18.3. The molecule has 2 fully saturated rings. The Balaban J connectivity index is 1.38. The summed E-state index contributed by atoms with van der Waals surface area (Å²) in [6, 6.07) is 11.8. The fourth-order valence-corrected chi connectivity index (χ4v) is 4.60. The first-order valence-corrected chi connectivity index (χ1v) is 11.6. The number of amides is 4. The molecule has 3 N–H and O–H groups in total. The van der Waals surface area contributed by atoms with Crippen molar-refractivity contribution in [1.82, 2.24) is 16.0 Å². The summed E-state index contributed by atoms with van der Waals surface area (Å²) in [5.41, 5.74) is 1.90. The summed E-state index contributed by atoms with van der Waals surface area (Å²) >= 11 is 1.37. The number of nitrogens with one attached hydrogen (secondary N) is 3. The number of cyclic esters (lactones) is 1. The lowest BCUT2D eigenvalue weighted by molar-refractivity contribution is -0.132. The third-order valence-corrected chi connectivity index (χ3v) is 6.37. The van der Waals surface area contributed by atoms with Crippen molar-refractivity contribution < 1.29 is 28.3 Å². The number of thioether (sulfide) groups is 1. The van der Waals surface area contributed by atoms with Crippen LogP contribution >= 0.6 is 11.8 Å². The van der Waals surface area contributed by atoms with Gasteiger partial charge in [0.25, 0.3) is 0 Å². The van der Waals surface area contributed by atoms with E-state index in [0.717, 1.165) is 5.56 Å². The van der Waals surface area contributed by atoms with Gasteiger partial charge < -0.3 is 20.7 Å². The number of halogens is 1. The van der Waals surface area contributed by atoms with E-state index in [-0.39, 0.29) is 37.2 Å². The number of nitrogens with zero attached hydrogens (tertiary/aromatic N) is 1. The van der Waals surface area contributed by atoms with E-state index in [2.05, 4.69) is 16.0 Å². The summed E-state index contributed by atoms with van der Waals surface area (Å²) in [7, 11) is 0. The van der Waals surface area contributed by atoms with Crippen LogP contribution in [0.25, 0.3) is 11.1 Å².